The zero-order valence-corrected chi connectivity index (χ0v) is 13.2. The van der Waals surface area contributed by atoms with Crippen LogP contribution in [0.2, 0.25) is 0 Å². The van der Waals surface area contributed by atoms with Crippen LogP contribution < -0.4 is 20.1 Å². The molecule has 0 unspecified atom stereocenters. The molecule has 0 saturated carbocycles. The lowest BCUT2D eigenvalue weighted by Gasteiger charge is -2.11. The number of nitrogens with zero attached hydrogens (tertiary/aromatic N) is 2. The van der Waals surface area contributed by atoms with Crippen LogP contribution in [0.15, 0.2) is 24.3 Å². The predicted octanol–water partition coefficient (Wildman–Crippen LogP) is 2.59. The number of ether oxygens (including phenoxy) is 2. The molecule has 1 aromatic heterocycles. The number of hydrogen-bond donors (Lipinski definition) is 2. The fourth-order valence-electron chi connectivity index (χ4n) is 2.18. The van der Waals surface area contributed by atoms with E-state index in [2.05, 4.69) is 20.6 Å². The molecule has 1 aromatic carbocycles. The standard InChI is InChI=1S/C16H18N4O3/c1-9(2)17-16-18-10(3)6-12(20-16)15(21)19-11-4-5-13-14(7-11)23-8-22-13/h4-7,9H,8H2,1-3H3,(H,19,21)(H,17,18,20). The zero-order valence-electron chi connectivity index (χ0n) is 13.2. The number of carbonyl (C=O) groups excluding carboxylic acids is 1. The van der Waals surface area contributed by atoms with Crippen LogP contribution in [0.3, 0.4) is 0 Å². The zero-order chi connectivity index (χ0) is 16.4. The minimum Gasteiger partial charge on any atom is -0.454 e. The molecule has 1 aliphatic heterocycles. The van der Waals surface area contributed by atoms with E-state index in [0.29, 0.717) is 28.8 Å². The highest BCUT2D eigenvalue weighted by Gasteiger charge is 2.16. The molecule has 0 aliphatic carbocycles. The summed E-state index contributed by atoms with van der Waals surface area (Å²) in [4.78, 5) is 20.9. The lowest BCUT2D eigenvalue weighted by Crippen LogP contribution is -2.18. The van der Waals surface area contributed by atoms with E-state index in [1.807, 2.05) is 20.8 Å². The number of aromatic nitrogens is 2. The van der Waals surface area contributed by atoms with E-state index >= 15 is 0 Å². The number of hydrogen-bond acceptors (Lipinski definition) is 6. The van der Waals surface area contributed by atoms with Crippen molar-refractivity contribution < 1.29 is 14.3 Å². The third-order valence-electron chi connectivity index (χ3n) is 3.14. The highest BCUT2D eigenvalue weighted by Crippen LogP contribution is 2.34. The average molecular weight is 314 g/mol. The minimum absolute atomic E-state index is 0.182. The molecule has 2 N–H and O–H groups in total. The van der Waals surface area contributed by atoms with Crippen molar-refractivity contribution in [2.75, 3.05) is 17.4 Å². The highest BCUT2D eigenvalue weighted by molar-refractivity contribution is 6.03. The Balaban J connectivity index is 1.79. The molecule has 1 amide bonds. The summed E-state index contributed by atoms with van der Waals surface area (Å²) in [5, 5.41) is 5.90. The number of carbonyl (C=O) groups is 1. The summed E-state index contributed by atoms with van der Waals surface area (Å²) in [7, 11) is 0. The fourth-order valence-corrected chi connectivity index (χ4v) is 2.18. The molecule has 0 atom stereocenters. The van der Waals surface area contributed by atoms with Gasteiger partial charge in [0.15, 0.2) is 11.5 Å². The first-order valence-corrected chi connectivity index (χ1v) is 7.34. The molecule has 0 saturated heterocycles. The summed E-state index contributed by atoms with van der Waals surface area (Å²) in [6, 6.07) is 7.07. The van der Waals surface area contributed by atoms with Crippen molar-refractivity contribution in [3.63, 3.8) is 0 Å². The van der Waals surface area contributed by atoms with Crippen LogP contribution in [0.4, 0.5) is 11.6 Å². The van der Waals surface area contributed by atoms with Crippen molar-refractivity contribution in [2.24, 2.45) is 0 Å². The van der Waals surface area contributed by atoms with Gasteiger partial charge in [-0.15, -0.1) is 0 Å². The summed E-state index contributed by atoms with van der Waals surface area (Å²) < 4.78 is 10.5. The van der Waals surface area contributed by atoms with Crippen LogP contribution >= 0.6 is 0 Å². The van der Waals surface area contributed by atoms with Crippen molar-refractivity contribution in [1.29, 1.82) is 0 Å². The largest absolute Gasteiger partial charge is 0.454 e. The molecule has 0 fully saturated rings. The van der Waals surface area contributed by atoms with Gasteiger partial charge in [-0.2, -0.15) is 0 Å². The Labute approximate surface area is 134 Å². The van der Waals surface area contributed by atoms with Gasteiger partial charge in [-0.25, -0.2) is 9.97 Å². The molecule has 23 heavy (non-hydrogen) atoms. The number of amides is 1. The van der Waals surface area contributed by atoms with Crippen LogP contribution in [0.5, 0.6) is 11.5 Å². The van der Waals surface area contributed by atoms with E-state index in [1.54, 1.807) is 24.3 Å². The molecule has 0 spiro atoms. The van der Waals surface area contributed by atoms with Crippen molar-refractivity contribution in [2.45, 2.75) is 26.8 Å². The average Bonchev–Trinajstić information content (AvgIpc) is 2.93. The summed E-state index contributed by atoms with van der Waals surface area (Å²) in [5.74, 6) is 1.42. The molecule has 120 valence electrons. The first kappa shape index (κ1) is 15.1. The number of fused-ring (bicyclic) bond motifs is 1. The predicted molar refractivity (Wildman–Crippen MR) is 86.0 cm³/mol. The molecule has 0 radical (unpaired) electrons. The smallest absolute Gasteiger partial charge is 0.274 e. The Kier molecular flexibility index (Phi) is 4.01. The van der Waals surface area contributed by atoms with Crippen molar-refractivity contribution in [3.05, 3.63) is 35.7 Å². The maximum Gasteiger partial charge on any atom is 0.274 e. The molecule has 3 rings (SSSR count). The van der Waals surface area contributed by atoms with Crippen LogP contribution in [0, 0.1) is 6.92 Å². The van der Waals surface area contributed by atoms with Crippen LogP contribution in [-0.4, -0.2) is 28.7 Å². The third-order valence-corrected chi connectivity index (χ3v) is 3.14. The highest BCUT2D eigenvalue weighted by atomic mass is 16.7. The van der Waals surface area contributed by atoms with Gasteiger partial charge in [0.05, 0.1) is 0 Å². The van der Waals surface area contributed by atoms with E-state index in [4.69, 9.17) is 9.47 Å². The topological polar surface area (TPSA) is 85.4 Å². The van der Waals surface area contributed by atoms with E-state index in [0.717, 1.165) is 5.69 Å². The summed E-state index contributed by atoms with van der Waals surface area (Å²) >= 11 is 0. The van der Waals surface area contributed by atoms with E-state index < -0.39 is 0 Å². The Morgan fingerprint density at radius 3 is 2.74 bits per heavy atom. The van der Waals surface area contributed by atoms with E-state index in [9.17, 15) is 4.79 Å². The molecular weight excluding hydrogens is 296 g/mol. The van der Waals surface area contributed by atoms with Crippen LogP contribution in [0.25, 0.3) is 0 Å². The number of benzene rings is 1. The monoisotopic (exact) mass is 314 g/mol. The maximum absolute atomic E-state index is 12.4. The quantitative estimate of drug-likeness (QED) is 0.902. The molecule has 2 heterocycles. The summed E-state index contributed by atoms with van der Waals surface area (Å²) in [6.45, 7) is 5.99. The van der Waals surface area contributed by atoms with E-state index in [-0.39, 0.29) is 18.7 Å². The van der Waals surface area contributed by atoms with Gasteiger partial charge in [0.25, 0.3) is 5.91 Å². The van der Waals surface area contributed by atoms with Crippen molar-refractivity contribution >= 4 is 17.5 Å². The maximum atomic E-state index is 12.4. The number of anilines is 2. The normalized spacial score (nSPS) is 12.3. The Morgan fingerprint density at radius 2 is 1.96 bits per heavy atom. The second-order valence-electron chi connectivity index (χ2n) is 5.54. The third kappa shape index (κ3) is 3.50. The van der Waals surface area contributed by atoms with Gasteiger partial charge < -0.3 is 20.1 Å². The van der Waals surface area contributed by atoms with Gasteiger partial charge in [0.2, 0.25) is 12.7 Å². The van der Waals surface area contributed by atoms with Gasteiger partial charge >= 0.3 is 0 Å². The van der Waals surface area contributed by atoms with Gasteiger partial charge in [0.1, 0.15) is 5.69 Å². The number of rotatable bonds is 4. The second kappa shape index (κ2) is 6.12. The number of aryl methyl sites for hydroxylation is 1. The Morgan fingerprint density at radius 1 is 1.17 bits per heavy atom. The summed E-state index contributed by atoms with van der Waals surface area (Å²) in [5.41, 5.74) is 1.64. The molecule has 2 aromatic rings. The van der Waals surface area contributed by atoms with Gasteiger partial charge in [-0.1, -0.05) is 0 Å². The van der Waals surface area contributed by atoms with Gasteiger partial charge in [-0.3, -0.25) is 4.79 Å². The Bertz CT molecular complexity index is 746. The molecule has 7 nitrogen and oxygen atoms in total. The molecule has 0 bridgehead atoms. The molecule has 7 heteroatoms. The lowest BCUT2D eigenvalue weighted by atomic mass is 10.2. The van der Waals surface area contributed by atoms with Gasteiger partial charge in [0, 0.05) is 23.5 Å². The first-order valence-electron chi connectivity index (χ1n) is 7.34. The van der Waals surface area contributed by atoms with Gasteiger partial charge in [-0.05, 0) is 39.0 Å². The summed E-state index contributed by atoms with van der Waals surface area (Å²) in [6.07, 6.45) is 0. The first-order chi connectivity index (χ1) is 11.0. The van der Waals surface area contributed by atoms with Crippen molar-refractivity contribution in [1.82, 2.24) is 9.97 Å². The lowest BCUT2D eigenvalue weighted by molar-refractivity contribution is 0.102. The van der Waals surface area contributed by atoms with Crippen LogP contribution in [0.1, 0.15) is 30.0 Å². The van der Waals surface area contributed by atoms with Crippen LogP contribution in [-0.2, 0) is 0 Å². The SMILES string of the molecule is Cc1cc(C(=O)Nc2ccc3c(c2)OCO3)nc(NC(C)C)n1. The number of nitrogens with one attached hydrogen (secondary N) is 2. The van der Waals surface area contributed by atoms with E-state index in [1.165, 1.54) is 0 Å². The molecule has 1 aliphatic rings. The Hall–Kier alpha value is -2.83. The molecular formula is C16H18N4O3. The second-order valence-corrected chi connectivity index (χ2v) is 5.54. The van der Waals surface area contributed by atoms with Crippen molar-refractivity contribution in [3.8, 4) is 11.5 Å². The fraction of sp³-hybridized carbons (Fsp3) is 0.312. The minimum atomic E-state index is -0.304.